The topological polar surface area (TPSA) is 63.7 Å². The van der Waals surface area contributed by atoms with Gasteiger partial charge in [-0.3, -0.25) is 14.4 Å². The van der Waals surface area contributed by atoms with Crippen LogP contribution in [0.2, 0.25) is 0 Å². The Balaban J connectivity index is 1.54. The molecule has 0 bridgehead atoms. The fourth-order valence-corrected chi connectivity index (χ4v) is 3.72. The van der Waals surface area contributed by atoms with E-state index in [-0.39, 0.29) is 30.6 Å². The van der Waals surface area contributed by atoms with E-state index < -0.39 is 0 Å². The van der Waals surface area contributed by atoms with E-state index in [9.17, 15) is 14.4 Å². The van der Waals surface area contributed by atoms with Crippen molar-refractivity contribution in [3.63, 3.8) is 0 Å². The molecule has 0 N–H and O–H groups in total. The first-order valence-electron chi connectivity index (χ1n) is 13.6. The van der Waals surface area contributed by atoms with Gasteiger partial charge in [0.1, 0.15) is 5.75 Å². The number of carbonyl (C=O) groups is 3. The molecule has 1 amide bonds. The number of rotatable bonds is 17. The second-order valence-electron chi connectivity index (χ2n) is 8.96. The largest absolute Gasteiger partial charge is 0.426 e. The number of hydrogen-bond acceptors (Lipinski definition) is 4. The molecule has 0 saturated carbocycles. The van der Waals surface area contributed by atoms with Crippen molar-refractivity contribution in [2.24, 2.45) is 0 Å². The van der Waals surface area contributed by atoms with E-state index in [4.69, 9.17) is 4.74 Å². The number of ether oxygens (including phenoxy) is 1. The number of esters is 1. The Morgan fingerprint density at radius 1 is 0.763 bits per heavy atom. The van der Waals surface area contributed by atoms with E-state index in [1.165, 1.54) is 0 Å². The van der Waals surface area contributed by atoms with Gasteiger partial charge in [-0.15, -0.1) is 0 Å². The second kappa shape index (κ2) is 19.4. The van der Waals surface area contributed by atoms with Crippen LogP contribution < -0.4 is 4.74 Å². The van der Waals surface area contributed by atoms with Crippen LogP contribution in [0.5, 0.6) is 5.75 Å². The predicted octanol–water partition coefficient (Wildman–Crippen LogP) is 7.48. The fraction of sp³-hybridized carbons (Fsp3) is 0.364. The van der Waals surface area contributed by atoms with E-state index in [0.717, 1.165) is 44.9 Å². The van der Waals surface area contributed by atoms with Gasteiger partial charge < -0.3 is 9.64 Å². The summed E-state index contributed by atoms with van der Waals surface area (Å²) in [5, 5.41) is 0. The molecule has 0 radical (unpaired) electrons. The third kappa shape index (κ3) is 13.5. The Morgan fingerprint density at radius 3 is 1.74 bits per heavy atom. The van der Waals surface area contributed by atoms with Gasteiger partial charge in [0.25, 0.3) is 0 Å². The molecule has 0 atom stereocenters. The summed E-state index contributed by atoms with van der Waals surface area (Å²) in [6.45, 7) is 2.87. The van der Waals surface area contributed by atoms with Gasteiger partial charge >= 0.3 is 5.97 Å². The summed E-state index contributed by atoms with van der Waals surface area (Å²) < 4.78 is 5.33. The molecule has 0 spiro atoms. The van der Waals surface area contributed by atoms with Crippen LogP contribution in [-0.4, -0.2) is 35.6 Å². The van der Waals surface area contributed by atoms with Crippen molar-refractivity contribution < 1.29 is 19.1 Å². The van der Waals surface area contributed by atoms with Crippen LogP contribution >= 0.6 is 0 Å². The van der Waals surface area contributed by atoms with Crippen molar-refractivity contribution in [2.75, 3.05) is 13.1 Å². The minimum absolute atomic E-state index is 0.0262. The van der Waals surface area contributed by atoms with Crippen molar-refractivity contribution in [3.05, 3.63) is 103 Å². The molecule has 1 aromatic carbocycles. The zero-order chi connectivity index (χ0) is 27.3. The number of likely N-dealkylation sites (tertiary alicyclic amines) is 1. The van der Waals surface area contributed by atoms with Crippen LogP contribution in [0.1, 0.15) is 75.1 Å². The summed E-state index contributed by atoms with van der Waals surface area (Å²) in [4.78, 5) is 37.7. The Bertz CT molecular complexity index is 1040. The highest BCUT2D eigenvalue weighted by molar-refractivity contribution is 5.99. The molecule has 202 valence electrons. The monoisotopic (exact) mass is 515 g/mol. The molecular formula is C33H41NO4. The summed E-state index contributed by atoms with van der Waals surface area (Å²) >= 11 is 0. The lowest BCUT2D eigenvalue weighted by Crippen LogP contribution is -2.30. The summed E-state index contributed by atoms with van der Waals surface area (Å²) in [5.74, 6) is -0.0452. The standard InChI is InChI=1S/C33H41NO4/c1-2-3-4-5-6-7-8-9-10-11-12-13-14-15-16-17-18-19-22-33(37)38-30-25-23-29(24-26-30)31(35)28-34-27-20-21-32(34)36/h3-4,6-7,9-10,12-13,15-16,18-19,23-26H,2,5,8,11,14,17,20-22,27-28H2,1H3/b4-3-,7-6-,10-9-,13-12-,16-15-,19-18-. The molecule has 2 rings (SSSR count). The number of amides is 1. The lowest BCUT2D eigenvalue weighted by molar-refractivity contribution is -0.133. The first kappa shape index (κ1) is 30.5. The molecular weight excluding hydrogens is 474 g/mol. The van der Waals surface area contributed by atoms with Gasteiger partial charge in [0.2, 0.25) is 5.91 Å². The molecule has 1 aliphatic heterocycles. The first-order valence-corrected chi connectivity index (χ1v) is 13.6. The second-order valence-corrected chi connectivity index (χ2v) is 8.96. The maximum Gasteiger partial charge on any atom is 0.315 e. The number of hydrogen-bond donors (Lipinski definition) is 0. The first-order chi connectivity index (χ1) is 18.6. The number of carbonyl (C=O) groups excluding carboxylic acids is 3. The van der Waals surface area contributed by atoms with Gasteiger partial charge in [0.15, 0.2) is 5.78 Å². The van der Waals surface area contributed by atoms with Gasteiger partial charge in [-0.1, -0.05) is 79.8 Å². The fourth-order valence-electron chi connectivity index (χ4n) is 3.72. The number of allylic oxidation sites excluding steroid dienone is 11. The average Bonchev–Trinajstić information content (AvgIpc) is 3.32. The third-order valence-corrected chi connectivity index (χ3v) is 5.79. The summed E-state index contributed by atoms with van der Waals surface area (Å²) in [5.41, 5.74) is 0.501. The Morgan fingerprint density at radius 2 is 1.26 bits per heavy atom. The van der Waals surface area contributed by atoms with Crippen LogP contribution in [0.3, 0.4) is 0 Å². The normalized spacial score (nSPS) is 14.6. The lowest BCUT2D eigenvalue weighted by Gasteiger charge is -2.14. The molecule has 0 unspecified atom stereocenters. The Labute approximate surface area is 227 Å². The quantitative estimate of drug-likeness (QED) is 0.0933. The molecule has 38 heavy (non-hydrogen) atoms. The van der Waals surface area contributed by atoms with E-state index in [1.54, 1.807) is 35.2 Å². The minimum atomic E-state index is -0.355. The molecule has 1 fully saturated rings. The predicted molar refractivity (Wildman–Crippen MR) is 155 cm³/mol. The Kier molecular flexibility index (Phi) is 15.6. The van der Waals surface area contributed by atoms with Crippen LogP contribution in [0.25, 0.3) is 0 Å². The highest BCUT2D eigenvalue weighted by atomic mass is 16.5. The maximum atomic E-state index is 12.3. The van der Waals surface area contributed by atoms with Crippen LogP contribution in [0.15, 0.2) is 97.2 Å². The van der Waals surface area contributed by atoms with Crippen molar-refractivity contribution in [1.29, 1.82) is 0 Å². The summed E-state index contributed by atoms with van der Waals surface area (Å²) in [6, 6.07) is 6.47. The van der Waals surface area contributed by atoms with Crippen LogP contribution in [0, 0.1) is 0 Å². The Hall–Kier alpha value is -3.73. The van der Waals surface area contributed by atoms with Gasteiger partial charge in [0, 0.05) is 18.5 Å². The van der Waals surface area contributed by atoms with Crippen molar-refractivity contribution in [1.82, 2.24) is 4.90 Å². The SMILES string of the molecule is CC/C=C\C/C=C\C/C=C\C/C=C\C/C=C\C/C=C\CC(=O)Oc1ccc(C(=O)CN2CCCC2=O)cc1. The van der Waals surface area contributed by atoms with E-state index >= 15 is 0 Å². The van der Waals surface area contributed by atoms with Crippen molar-refractivity contribution >= 4 is 17.7 Å². The zero-order valence-electron chi connectivity index (χ0n) is 22.6. The van der Waals surface area contributed by atoms with Gasteiger partial charge in [-0.25, -0.2) is 0 Å². The molecule has 5 heteroatoms. The van der Waals surface area contributed by atoms with E-state index in [2.05, 4.69) is 67.7 Å². The average molecular weight is 516 g/mol. The third-order valence-electron chi connectivity index (χ3n) is 5.79. The van der Waals surface area contributed by atoms with E-state index in [0.29, 0.717) is 24.3 Å². The number of nitrogens with zero attached hydrogens (tertiary/aromatic N) is 1. The molecule has 1 aromatic rings. The van der Waals surface area contributed by atoms with Crippen molar-refractivity contribution in [3.8, 4) is 5.75 Å². The molecule has 5 nitrogen and oxygen atoms in total. The minimum Gasteiger partial charge on any atom is -0.426 e. The van der Waals surface area contributed by atoms with Crippen molar-refractivity contribution in [2.45, 2.75) is 64.7 Å². The smallest absolute Gasteiger partial charge is 0.315 e. The van der Waals surface area contributed by atoms with Gasteiger partial charge in [-0.05, 0) is 69.2 Å². The highest BCUT2D eigenvalue weighted by Gasteiger charge is 2.22. The molecule has 0 aliphatic carbocycles. The van der Waals surface area contributed by atoms with Gasteiger partial charge in [-0.2, -0.15) is 0 Å². The maximum absolute atomic E-state index is 12.3. The lowest BCUT2D eigenvalue weighted by atomic mass is 10.1. The van der Waals surface area contributed by atoms with E-state index in [1.807, 2.05) is 6.08 Å². The van der Waals surface area contributed by atoms with Crippen LogP contribution in [-0.2, 0) is 9.59 Å². The molecule has 1 heterocycles. The molecule has 1 aliphatic rings. The van der Waals surface area contributed by atoms with Gasteiger partial charge in [0.05, 0.1) is 13.0 Å². The number of ketones is 1. The molecule has 1 saturated heterocycles. The zero-order valence-corrected chi connectivity index (χ0v) is 22.6. The number of benzene rings is 1. The summed E-state index contributed by atoms with van der Waals surface area (Å²) in [7, 11) is 0. The van der Waals surface area contributed by atoms with Crippen LogP contribution in [0.4, 0.5) is 0 Å². The molecule has 0 aromatic heterocycles. The summed E-state index contributed by atoms with van der Waals surface area (Å²) in [6.07, 6.45) is 32.5. The highest BCUT2D eigenvalue weighted by Crippen LogP contribution is 2.15. The number of Topliss-reactive ketones (excluding diaryl/α,β-unsaturated/α-hetero) is 1.